The Morgan fingerprint density at radius 3 is 0.975 bits per heavy atom. The first-order valence-electron chi connectivity index (χ1n) is 43.0. The number of aliphatic hydroxyl groups excluding tert-OH is 5. The molecule has 11 heterocycles. The van der Waals surface area contributed by atoms with Crippen LogP contribution in [0.5, 0.6) is 0 Å². The normalized spacial score (nSPS) is 12.3. The van der Waals surface area contributed by atoms with Gasteiger partial charge in [-0.05, 0) is 151 Å². The van der Waals surface area contributed by atoms with Gasteiger partial charge in [0.05, 0.1) is 52.5 Å². The average molecular weight is 1630 g/mol. The number of aliphatic hydroxyl groups is 5. The topological polar surface area (TPSA) is 328 Å². The quantitative estimate of drug-likeness (QED) is 0.0160. The van der Waals surface area contributed by atoms with E-state index in [1.54, 1.807) is 0 Å². The molecular formula is C94H127N21O5. The zero-order chi connectivity index (χ0) is 85.1. The minimum atomic E-state index is 0.00701. The standard InChI is InChI=1S/C21H28N4O.C20H27N5O.C19H24N4O.C17H20N4O.C17H28N4O/c1-3-4-10-18(12-14-26)24-21-20-19(22-16(2)23-21)11-13-25(20)15-17-8-6-5-7-9-17;1-3-4-7-16(10-13-26)24-20-19-18(22-15(2)23-20)9-12-25(19)14-17-8-5-6-11-21-17;1-3-7-16(13-24)22-19-18-17(20-14(2)21-19)10-11-23(18)12-15-8-5-4-6-9-15;1-13-19-15-8-10-21(12-14-6-3-2-4-7-14)16(15)17(20-13)18-9-5-11-22;1-5-6-14(8-10-22)20-17-16-15(18-13(4)19-17)7-9-21(16)11-12(2)3/h5-9,11,13,18,26H,3-4,10,12,14-15H2,1-2H3,(H,22,23,24);5-6,8-9,11-12,16,26H,3-4,7,10,13-14H2,1-2H3,(H,22,23,24);4-6,8-11,16,24H,3,7,12-13H2,1-2H3,(H,20,21,22);2-4,6-8,10,22H,5,9,11-12H2,1H3,(H,18,19,20);7,9,12,14,22H,5-6,8,10-11H2,1-4H3,(H,18,19,20)/t;;16-;;/m..1../s1. The van der Waals surface area contributed by atoms with Crippen LogP contribution in [0.3, 0.4) is 0 Å². The van der Waals surface area contributed by atoms with E-state index in [1.807, 2.05) is 144 Å². The van der Waals surface area contributed by atoms with Gasteiger partial charge in [0.25, 0.3) is 0 Å². The van der Waals surface area contributed by atoms with Gasteiger partial charge in [-0.2, -0.15) is 0 Å². The SMILES string of the molecule is CCCC(CCO)Nc1nc(C)nc2ccn(CC(C)C)c12.CCCCC(CCO)Nc1nc(C)nc2ccn(Cc3ccccc3)c12.CCCCC(CCO)Nc1nc(C)nc2ccn(Cc3ccccn3)c12.CCC[C@H](CO)Nc1nc(C)nc2ccn(Cc3ccccc3)c12.Cc1nc(NCCCO)c2c(ccn2Cc2ccccc2)n1. The molecule has 638 valence electrons. The Morgan fingerprint density at radius 1 is 0.317 bits per heavy atom. The van der Waals surface area contributed by atoms with Crippen molar-refractivity contribution in [1.29, 1.82) is 0 Å². The Morgan fingerprint density at radius 2 is 0.642 bits per heavy atom. The van der Waals surface area contributed by atoms with Gasteiger partial charge in [-0.25, -0.2) is 49.8 Å². The first kappa shape index (κ1) is 91.0. The van der Waals surface area contributed by atoms with Crippen LogP contribution in [0, 0.1) is 40.5 Å². The molecule has 0 bridgehead atoms. The summed E-state index contributed by atoms with van der Waals surface area (Å²) in [5.41, 5.74) is 14.5. The van der Waals surface area contributed by atoms with Crippen molar-refractivity contribution in [2.75, 3.05) is 66.2 Å². The van der Waals surface area contributed by atoms with E-state index in [0.29, 0.717) is 31.8 Å². The minimum Gasteiger partial charge on any atom is -0.396 e. The molecule has 0 amide bonds. The lowest BCUT2D eigenvalue weighted by atomic mass is 10.1. The summed E-state index contributed by atoms with van der Waals surface area (Å²) in [6.45, 7) is 28.1. The van der Waals surface area contributed by atoms with Crippen LogP contribution in [0.25, 0.3) is 55.2 Å². The zero-order valence-electron chi connectivity index (χ0n) is 72.2. The molecule has 3 unspecified atom stereocenters. The average Bonchev–Trinajstić information content (AvgIpc) is 1.60. The highest BCUT2D eigenvalue weighted by Crippen LogP contribution is 2.31. The maximum Gasteiger partial charge on any atom is 0.154 e. The van der Waals surface area contributed by atoms with E-state index in [0.717, 1.165) is 222 Å². The second-order valence-electron chi connectivity index (χ2n) is 31.1. The maximum absolute atomic E-state index is 9.60. The number of nitrogens with zero attached hydrogens (tertiary/aromatic N) is 16. The molecule has 120 heavy (non-hydrogen) atoms. The van der Waals surface area contributed by atoms with Gasteiger partial charge in [-0.15, -0.1) is 0 Å². The maximum atomic E-state index is 9.60. The van der Waals surface area contributed by atoms with Crippen LogP contribution in [0.4, 0.5) is 29.1 Å². The van der Waals surface area contributed by atoms with Crippen LogP contribution < -0.4 is 26.6 Å². The fraction of sp³-hybridized carbons (Fsp3) is 0.436. The fourth-order valence-electron chi connectivity index (χ4n) is 14.9. The summed E-state index contributed by atoms with van der Waals surface area (Å²) in [7, 11) is 0. The molecule has 26 nitrogen and oxygen atoms in total. The Kier molecular flexibility index (Phi) is 36.0. The van der Waals surface area contributed by atoms with Gasteiger partial charge < -0.3 is 75.0 Å². The second kappa shape index (κ2) is 47.5. The molecule has 14 rings (SSSR count). The Bertz CT molecular complexity index is 5200. The van der Waals surface area contributed by atoms with Gasteiger partial charge in [0.15, 0.2) is 29.1 Å². The minimum absolute atomic E-state index is 0.00701. The smallest absolute Gasteiger partial charge is 0.154 e. The lowest BCUT2D eigenvalue weighted by molar-refractivity contribution is 0.268. The molecule has 0 saturated heterocycles. The summed E-state index contributed by atoms with van der Waals surface area (Å²) in [5.74, 6) is 8.54. The third-order valence-electron chi connectivity index (χ3n) is 20.5. The molecule has 10 N–H and O–H groups in total. The Hall–Kier alpha value is -11.3. The molecule has 3 aromatic carbocycles. The predicted octanol–water partition coefficient (Wildman–Crippen LogP) is 17.0. The third-order valence-corrected chi connectivity index (χ3v) is 20.5. The van der Waals surface area contributed by atoms with E-state index in [-0.39, 0.29) is 57.2 Å². The molecule has 0 aliphatic heterocycles. The molecule has 0 fully saturated rings. The summed E-state index contributed by atoms with van der Waals surface area (Å²) >= 11 is 0. The van der Waals surface area contributed by atoms with Gasteiger partial charge in [0, 0.05) is 114 Å². The molecule has 0 radical (unpaired) electrons. The molecular weight excluding hydrogens is 1500 g/mol. The molecule has 0 saturated carbocycles. The number of anilines is 5. The van der Waals surface area contributed by atoms with Gasteiger partial charge in [0.2, 0.25) is 0 Å². The molecule has 4 atom stereocenters. The van der Waals surface area contributed by atoms with Crippen LogP contribution in [-0.2, 0) is 32.7 Å². The van der Waals surface area contributed by atoms with Crippen molar-refractivity contribution < 1.29 is 25.5 Å². The van der Waals surface area contributed by atoms with Gasteiger partial charge in [-0.1, -0.05) is 177 Å². The number of nitrogens with one attached hydrogen (secondary N) is 5. The van der Waals surface area contributed by atoms with Crippen molar-refractivity contribution in [3.05, 3.63) is 228 Å². The monoisotopic (exact) mass is 1630 g/mol. The molecule has 0 aliphatic carbocycles. The first-order valence-corrected chi connectivity index (χ1v) is 43.0. The highest BCUT2D eigenvalue weighted by Gasteiger charge is 2.22. The van der Waals surface area contributed by atoms with E-state index in [4.69, 9.17) is 5.11 Å². The largest absolute Gasteiger partial charge is 0.396 e. The number of hydrogen-bond acceptors (Lipinski definition) is 21. The molecule has 14 aromatic rings. The van der Waals surface area contributed by atoms with E-state index in [2.05, 4.69) is 213 Å². The van der Waals surface area contributed by atoms with E-state index >= 15 is 0 Å². The van der Waals surface area contributed by atoms with Crippen LogP contribution >= 0.6 is 0 Å². The Labute approximate surface area is 707 Å². The van der Waals surface area contributed by atoms with Crippen molar-refractivity contribution in [3.8, 4) is 0 Å². The number of unbranched alkanes of at least 4 members (excludes halogenated alkanes) is 2. The summed E-state index contributed by atoms with van der Waals surface area (Å²) in [6, 6.07) is 47.8. The van der Waals surface area contributed by atoms with E-state index < -0.39 is 0 Å². The summed E-state index contributed by atoms with van der Waals surface area (Å²) < 4.78 is 10.9. The van der Waals surface area contributed by atoms with Crippen molar-refractivity contribution in [3.63, 3.8) is 0 Å². The van der Waals surface area contributed by atoms with Crippen LogP contribution in [0.1, 0.15) is 183 Å². The fourth-order valence-corrected chi connectivity index (χ4v) is 14.9. The van der Waals surface area contributed by atoms with Gasteiger partial charge >= 0.3 is 0 Å². The summed E-state index contributed by atoms with van der Waals surface area (Å²) in [6.07, 6.45) is 25.6. The summed E-state index contributed by atoms with van der Waals surface area (Å²) in [4.78, 5) is 50.3. The molecule has 0 spiro atoms. The number of aromatic nitrogens is 16. The van der Waals surface area contributed by atoms with Crippen molar-refractivity contribution in [2.45, 2.75) is 223 Å². The zero-order valence-corrected chi connectivity index (χ0v) is 72.2. The van der Waals surface area contributed by atoms with Gasteiger partial charge in [-0.3, -0.25) is 4.98 Å². The number of benzene rings is 3. The van der Waals surface area contributed by atoms with Crippen LogP contribution in [0.15, 0.2) is 177 Å². The van der Waals surface area contributed by atoms with Crippen molar-refractivity contribution in [2.24, 2.45) is 5.92 Å². The number of aryl methyl sites for hydroxylation is 5. The number of hydrogen-bond donors (Lipinski definition) is 10. The number of rotatable bonds is 39. The Balaban J connectivity index is 0.000000158. The second-order valence-corrected chi connectivity index (χ2v) is 31.1. The number of pyridine rings is 1. The predicted molar refractivity (Wildman–Crippen MR) is 487 cm³/mol. The lowest BCUT2D eigenvalue weighted by Crippen LogP contribution is -2.24. The third kappa shape index (κ3) is 26.6. The van der Waals surface area contributed by atoms with Crippen molar-refractivity contribution in [1.82, 2.24) is 77.7 Å². The van der Waals surface area contributed by atoms with E-state index in [9.17, 15) is 20.4 Å². The molecule has 11 aromatic heterocycles. The number of fused-ring (bicyclic) bond motifs is 5. The van der Waals surface area contributed by atoms with Crippen LogP contribution in [-0.4, -0.2) is 167 Å². The molecule has 0 aliphatic rings. The van der Waals surface area contributed by atoms with Crippen molar-refractivity contribution >= 4 is 84.3 Å². The highest BCUT2D eigenvalue weighted by molar-refractivity contribution is 5.90. The first-order chi connectivity index (χ1) is 58.4. The van der Waals surface area contributed by atoms with Gasteiger partial charge in [0.1, 0.15) is 56.7 Å². The lowest BCUT2D eigenvalue weighted by Gasteiger charge is -2.20. The summed E-state index contributed by atoms with van der Waals surface area (Å²) in [5, 5.41) is 64.0. The van der Waals surface area contributed by atoms with Crippen LogP contribution in [0.2, 0.25) is 0 Å². The highest BCUT2D eigenvalue weighted by atomic mass is 16.3. The van der Waals surface area contributed by atoms with E-state index in [1.165, 1.54) is 16.7 Å². The molecule has 26 heteroatoms.